The molecule has 0 aromatic heterocycles. The summed E-state index contributed by atoms with van der Waals surface area (Å²) < 4.78 is 27.5. The second-order valence-electron chi connectivity index (χ2n) is 5.63. The number of likely N-dealkylation sites (N-methyl/N-ethyl adjacent to an activating group) is 1. The number of sulfonamides is 1. The van der Waals surface area contributed by atoms with Gasteiger partial charge in [0.15, 0.2) is 0 Å². The van der Waals surface area contributed by atoms with E-state index in [2.05, 4.69) is 17.0 Å². The minimum absolute atomic E-state index is 0.0246. The van der Waals surface area contributed by atoms with Gasteiger partial charge < -0.3 is 5.32 Å². The first-order valence-corrected chi connectivity index (χ1v) is 9.21. The molecule has 0 bridgehead atoms. The van der Waals surface area contributed by atoms with E-state index in [0.717, 1.165) is 31.5 Å². The maximum absolute atomic E-state index is 12.4. The third-order valence-electron chi connectivity index (χ3n) is 3.63. The van der Waals surface area contributed by atoms with Gasteiger partial charge in [0.1, 0.15) is 0 Å². The van der Waals surface area contributed by atoms with Crippen LogP contribution in [0.4, 0.5) is 0 Å². The minimum atomic E-state index is -3.42. The van der Waals surface area contributed by atoms with E-state index >= 15 is 0 Å². The molecular formula is C16H28N2O2S. The average molecular weight is 312 g/mol. The van der Waals surface area contributed by atoms with Gasteiger partial charge >= 0.3 is 0 Å². The monoisotopic (exact) mass is 312 g/mol. The zero-order chi connectivity index (χ0) is 15.9. The Hall–Kier alpha value is -0.910. The van der Waals surface area contributed by atoms with Crippen LogP contribution < -0.4 is 10.0 Å². The van der Waals surface area contributed by atoms with Crippen LogP contribution in [0.2, 0.25) is 0 Å². The van der Waals surface area contributed by atoms with E-state index in [0.29, 0.717) is 4.90 Å². The fourth-order valence-electron chi connectivity index (χ4n) is 2.20. The molecule has 0 saturated carbocycles. The molecule has 1 aromatic rings. The Morgan fingerprint density at radius 2 is 1.71 bits per heavy atom. The topological polar surface area (TPSA) is 58.2 Å². The van der Waals surface area contributed by atoms with Crippen LogP contribution in [0.3, 0.4) is 0 Å². The molecule has 1 rings (SSSR count). The van der Waals surface area contributed by atoms with Gasteiger partial charge in [-0.25, -0.2) is 13.1 Å². The van der Waals surface area contributed by atoms with Gasteiger partial charge in [-0.05, 0) is 49.5 Å². The molecule has 0 radical (unpaired) electrons. The number of hydrogen-bond acceptors (Lipinski definition) is 3. The Morgan fingerprint density at radius 3 is 2.19 bits per heavy atom. The maximum atomic E-state index is 12.4. The van der Waals surface area contributed by atoms with E-state index in [1.165, 1.54) is 0 Å². The Bertz CT molecular complexity index is 510. The summed E-state index contributed by atoms with van der Waals surface area (Å²) in [4.78, 5) is 0.341. The summed E-state index contributed by atoms with van der Waals surface area (Å²) in [5.41, 5.74) is 1.14. The Balaban J connectivity index is 2.75. The highest BCUT2D eigenvalue weighted by Crippen LogP contribution is 2.14. The van der Waals surface area contributed by atoms with E-state index in [9.17, 15) is 8.42 Å². The van der Waals surface area contributed by atoms with Crippen LogP contribution in [0.25, 0.3) is 0 Å². The zero-order valence-electron chi connectivity index (χ0n) is 13.5. The molecule has 4 nitrogen and oxygen atoms in total. The first-order valence-electron chi connectivity index (χ1n) is 7.72. The van der Waals surface area contributed by atoms with Crippen molar-refractivity contribution in [3.63, 3.8) is 0 Å². The highest BCUT2D eigenvalue weighted by Gasteiger charge is 2.20. The lowest BCUT2D eigenvalue weighted by Crippen LogP contribution is -2.37. The molecule has 0 amide bonds. The fourth-order valence-corrected chi connectivity index (χ4v) is 3.67. The van der Waals surface area contributed by atoms with Crippen LogP contribution >= 0.6 is 0 Å². The van der Waals surface area contributed by atoms with Gasteiger partial charge in [-0.1, -0.05) is 39.8 Å². The summed E-state index contributed by atoms with van der Waals surface area (Å²) in [5, 5.41) is 3.26. The van der Waals surface area contributed by atoms with Gasteiger partial charge in [0.05, 0.1) is 4.90 Å². The molecule has 1 aromatic carbocycles. The molecule has 0 spiro atoms. The summed E-state index contributed by atoms with van der Waals surface area (Å²) in [7, 11) is -3.42. The van der Waals surface area contributed by atoms with Gasteiger partial charge in [0.25, 0.3) is 0 Å². The van der Waals surface area contributed by atoms with Crippen molar-refractivity contribution < 1.29 is 8.42 Å². The molecule has 0 fully saturated rings. The first-order chi connectivity index (χ1) is 9.90. The predicted octanol–water partition coefficient (Wildman–Crippen LogP) is 2.55. The highest BCUT2D eigenvalue weighted by molar-refractivity contribution is 7.89. The van der Waals surface area contributed by atoms with Crippen LogP contribution in [0.1, 0.15) is 39.7 Å². The van der Waals surface area contributed by atoms with Gasteiger partial charge in [-0.15, -0.1) is 0 Å². The van der Waals surface area contributed by atoms with Crippen LogP contribution in [-0.4, -0.2) is 27.5 Å². The van der Waals surface area contributed by atoms with E-state index in [4.69, 9.17) is 0 Å². The quantitative estimate of drug-likeness (QED) is 0.689. The van der Waals surface area contributed by atoms with E-state index in [-0.39, 0.29) is 12.0 Å². The third kappa shape index (κ3) is 5.77. The molecule has 0 aliphatic carbocycles. The van der Waals surface area contributed by atoms with Crippen molar-refractivity contribution in [2.45, 2.75) is 51.5 Å². The molecule has 21 heavy (non-hydrogen) atoms. The molecule has 2 N–H and O–H groups in total. The van der Waals surface area contributed by atoms with Crippen LogP contribution in [-0.2, 0) is 16.4 Å². The maximum Gasteiger partial charge on any atom is 0.240 e. The Morgan fingerprint density at radius 1 is 1.10 bits per heavy atom. The lowest BCUT2D eigenvalue weighted by Gasteiger charge is -2.20. The molecular weight excluding hydrogens is 284 g/mol. The molecule has 1 atom stereocenters. The summed E-state index contributed by atoms with van der Waals surface area (Å²) >= 11 is 0. The zero-order valence-corrected chi connectivity index (χ0v) is 14.3. The largest absolute Gasteiger partial charge is 0.317 e. The number of benzene rings is 1. The van der Waals surface area contributed by atoms with Crippen LogP contribution in [0.5, 0.6) is 0 Å². The van der Waals surface area contributed by atoms with E-state index < -0.39 is 10.0 Å². The molecule has 120 valence electrons. The van der Waals surface area contributed by atoms with Crippen molar-refractivity contribution in [2.75, 3.05) is 13.1 Å². The van der Waals surface area contributed by atoms with Gasteiger partial charge in [-0.2, -0.15) is 0 Å². The van der Waals surface area contributed by atoms with Gasteiger partial charge in [0.2, 0.25) is 10.0 Å². The lowest BCUT2D eigenvalue weighted by molar-refractivity contribution is 0.437. The summed E-state index contributed by atoms with van der Waals surface area (Å²) in [6, 6.07) is 7.14. The summed E-state index contributed by atoms with van der Waals surface area (Å²) in [5.74, 6) is 0.282. The van der Waals surface area contributed by atoms with Crippen molar-refractivity contribution >= 4 is 10.0 Å². The van der Waals surface area contributed by atoms with Crippen LogP contribution in [0, 0.1) is 5.92 Å². The molecule has 5 heteroatoms. The van der Waals surface area contributed by atoms with E-state index in [1.807, 2.05) is 32.9 Å². The SMILES string of the molecule is CCNCCc1ccc(S(=O)(=O)NC(CC)C(C)C)cc1. The van der Waals surface area contributed by atoms with Crippen molar-refractivity contribution in [3.05, 3.63) is 29.8 Å². The molecule has 0 aliphatic rings. The second kappa shape index (κ2) is 8.51. The molecule has 0 aliphatic heterocycles. The third-order valence-corrected chi connectivity index (χ3v) is 5.13. The lowest BCUT2D eigenvalue weighted by atomic mass is 10.0. The van der Waals surface area contributed by atoms with Crippen LogP contribution in [0.15, 0.2) is 29.2 Å². The first kappa shape index (κ1) is 18.1. The molecule has 1 unspecified atom stereocenters. The fraction of sp³-hybridized carbons (Fsp3) is 0.625. The predicted molar refractivity (Wildman–Crippen MR) is 87.9 cm³/mol. The molecule has 0 saturated heterocycles. The van der Waals surface area contributed by atoms with Gasteiger partial charge in [-0.3, -0.25) is 0 Å². The standard InChI is InChI=1S/C16H28N2O2S/c1-5-16(13(3)4)18-21(19,20)15-9-7-14(8-10-15)11-12-17-6-2/h7-10,13,16-18H,5-6,11-12H2,1-4H3. The number of rotatable bonds is 9. The Kier molecular flexibility index (Phi) is 7.35. The highest BCUT2D eigenvalue weighted by atomic mass is 32.2. The molecule has 0 heterocycles. The van der Waals surface area contributed by atoms with E-state index in [1.54, 1.807) is 12.1 Å². The number of nitrogens with one attached hydrogen (secondary N) is 2. The van der Waals surface area contributed by atoms with Crippen molar-refractivity contribution in [1.29, 1.82) is 0 Å². The summed E-state index contributed by atoms with van der Waals surface area (Å²) in [6.07, 6.45) is 1.70. The van der Waals surface area contributed by atoms with Crippen molar-refractivity contribution in [1.82, 2.24) is 10.0 Å². The smallest absolute Gasteiger partial charge is 0.240 e. The van der Waals surface area contributed by atoms with Crippen molar-refractivity contribution in [2.24, 2.45) is 5.92 Å². The summed E-state index contributed by atoms with van der Waals surface area (Å²) in [6.45, 7) is 9.98. The van der Waals surface area contributed by atoms with Gasteiger partial charge in [0, 0.05) is 6.04 Å². The minimum Gasteiger partial charge on any atom is -0.317 e. The normalized spacial score (nSPS) is 13.6. The Labute approximate surface area is 129 Å². The second-order valence-corrected chi connectivity index (χ2v) is 7.34. The average Bonchev–Trinajstić information content (AvgIpc) is 2.45. The van der Waals surface area contributed by atoms with Crippen molar-refractivity contribution in [3.8, 4) is 0 Å². The number of hydrogen-bond donors (Lipinski definition) is 2.